The van der Waals surface area contributed by atoms with Gasteiger partial charge in [-0.25, -0.2) is 8.42 Å². The van der Waals surface area contributed by atoms with E-state index >= 15 is 0 Å². The van der Waals surface area contributed by atoms with Crippen LogP contribution >= 0.6 is 15.9 Å². The summed E-state index contributed by atoms with van der Waals surface area (Å²) in [6.07, 6.45) is 9.15. The molecule has 48 heavy (non-hydrogen) atoms. The molecule has 0 aliphatic heterocycles. The van der Waals surface area contributed by atoms with Gasteiger partial charge in [-0.3, -0.25) is 13.9 Å². The van der Waals surface area contributed by atoms with Crippen molar-refractivity contribution in [1.82, 2.24) is 10.2 Å². The van der Waals surface area contributed by atoms with Crippen molar-refractivity contribution in [2.75, 3.05) is 17.1 Å². The molecule has 1 N–H and O–H groups in total. The largest absolute Gasteiger partial charge is 0.350 e. The molecule has 9 heteroatoms. The zero-order valence-electron chi connectivity index (χ0n) is 28.5. The fourth-order valence-corrected chi connectivity index (χ4v) is 10.2. The van der Waals surface area contributed by atoms with Crippen LogP contribution in [-0.4, -0.2) is 49.5 Å². The lowest BCUT2D eigenvalue weighted by Gasteiger charge is -2.57. The van der Waals surface area contributed by atoms with Gasteiger partial charge in [0.2, 0.25) is 21.8 Å². The zero-order valence-corrected chi connectivity index (χ0v) is 30.9. The summed E-state index contributed by atoms with van der Waals surface area (Å²) < 4.78 is 28.7. The van der Waals surface area contributed by atoms with Gasteiger partial charge in [0, 0.05) is 23.0 Å². The van der Waals surface area contributed by atoms with Crippen LogP contribution in [0.25, 0.3) is 0 Å². The van der Waals surface area contributed by atoms with Crippen molar-refractivity contribution < 1.29 is 18.0 Å². The number of halogens is 1. The van der Waals surface area contributed by atoms with Gasteiger partial charge >= 0.3 is 0 Å². The molecule has 4 bridgehead atoms. The summed E-state index contributed by atoms with van der Waals surface area (Å²) in [5.41, 5.74) is 3.13. The fourth-order valence-electron chi connectivity index (χ4n) is 8.90. The highest BCUT2D eigenvalue weighted by Gasteiger charge is 2.51. The molecular weight excluding hydrogens is 686 g/mol. The molecule has 0 radical (unpaired) electrons. The smallest absolute Gasteiger partial charge is 0.244 e. The third-order valence-electron chi connectivity index (χ3n) is 10.5. The molecule has 1 atom stereocenters. The summed E-state index contributed by atoms with van der Waals surface area (Å²) in [6, 6.07) is 24.3. The van der Waals surface area contributed by atoms with Crippen molar-refractivity contribution in [3.8, 4) is 0 Å². The van der Waals surface area contributed by atoms with Gasteiger partial charge in [0.25, 0.3) is 0 Å². The average Bonchev–Trinajstić information content (AvgIpc) is 3.00. The van der Waals surface area contributed by atoms with E-state index < -0.39 is 34.1 Å². The minimum atomic E-state index is -3.84. The van der Waals surface area contributed by atoms with Crippen molar-refractivity contribution in [2.45, 2.75) is 89.3 Å². The molecule has 4 fully saturated rings. The second-order valence-electron chi connectivity index (χ2n) is 15.6. The Balaban J connectivity index is 1.31. The Kier molecular flexibility index (Phi) is 9.84. The molecule has 4 aliphatic carbocycles. The maximum Gasteiger partial charge on any atom is 0.244 e. The zero-order chi connectivity index (χ0) is 34.3. The van der Waals surface area contributed by atoms with E-state index in [1.54, 1.807) is 0 Å². The number of hydrogen-bond donors (Lipinski definition) is 1. The standard InChI is InChI=1S/C39H48BrN3O4S/c1-38(2,3)41-37(45)35(21-27-9-6-5-7-10-27)42(25-28-11-8-12-33(40)20-28)36(44)26-43(48(4,46)47)34-15-13-32(14-16-34)39-22-29-17-30(23-39)19-31(18-29)24-39/h5-16,20,29-31,35H,17-19,21-26H2,1-4H3,(H,41,45)/t29?,30?,31?,35-,39?/m0/s1. The van der Waals surface area contributed by atoms with Crippen LogP contribution in [0.5, 0.6) is 0 Å². The first-order valence-electron chi connectivity index (χ1n) is 17.2. The van der Waals surface area contributed by atoms with E-state index in [4.69, 9.17) is 0 Å². The van der Waals surface area contributed by atoms with E-state index in [9.17, 15) is 18.0 Å². The van der Waals surface area contributed by atoms with Crippen molar-refractivity contribution in [1.29, 1.82) is 0 Å². The third kappa shape index (κ3) is 7.99. The highest BCUT2D eigenvalue weighted by molar-refractivity contribution is 9.10. The average molecular weight is 735 g/mol. The number of hydrogen-bond acceptors (Lipinski definition) is 4. The Morgan fingerprint density at radius 3 is 2.00 bits per heavy atom. The van der Waals surface area contributed by atoms with Crippen molar-refractivity contribution >= 4 is 43.5 Å². The van der Waals surface area contributed by atoms with E-state index in [-0.39, 0.29) is 24.3 Å². The van der Waals surface area contributed by atoms with Gasteiger partial charge in [0.1, 0.15) is 12.6 Å². The molecule has 7 nitrogen and oxygen atoms in total. The molecule has 0 unspecified atom stereocenters. The molecule has 3 aromatic rings. The topological polar surface area (TPSA) is 86.8 Å². The second-order valence-corrected chi connectivity index (χ2v) is 18.4. The first kappa shape index (κ1) is 34.7. The van der Waals surface area contributed by atoms with Crippen molar-refractivity contribution in [3.63, 3.8) is 0 Å². The summed E-state index contributed by atoms with van der Waals surface area (Å²) in [5, 5.41) is 3.07. The first-order chi connectivity index (χ1) is 22.7. The number of carbonyl (C=O) groups excluding carboxylic acids is 2. The molecule has 2 amide bonds. The Hall–Kier alpha value is -3.17. The Morgan fingerprint density at radius 1 is 0.875 bits per heavy atom. The minimum absolute atomic E-state index is 0.135. The van der Waals surface area contributed by atoms with Crippen LogP contribution in [0.15, 0.2) is 83.3 Å². The molecular formula is C39H48BrN3O4S. The SMILES string of the molecule is CC(C)(C)NC(=O)[C@H](Cc1ccccc1)N(Cc1cccc(Br)c1)C(=O)CN(c1ccc(C23CC4CC(CC(C4)C2)C3)cc1)S(C)(=O)=O. The highest BCUT2D eigenvalue weighted by atomic mass is 79.9. The van der Waals surface area contributed by atoms with Crippen LogP contribution in [0.1, 0.15) is 76.0 Å². The predicted octanol–water partition coefficient (Wildman–Crippen LogP) is 7.24. The molecule has 4 aliphatic rings. The molecule has 0 spiro atoms. The molecule has 3 aromatic carbocycles. The number of nitrogens with zero attached hydrogens (tertiary/aromatic N) is 2. The summed E-state index contributed by atoms with van der Waals surface area (Å²) in [6.45, 7) is 5.43. The molecule has 4 saturated carbocycles. The van der Waals surface area contributed by atoms with Gasteiger partial charge in [0.15, 0.2) is 0 Å². The summed E-state index contributed by atoms with van der Waals surface area (Å²) in [4.78, 5) is 30.0. The van der Waals surface area contributed by atoms with E-state index in [1.807, 2.05) is 87.5 Å². The Labute approximate surface area is 294 Å². The lowest BCUT2D eigenvalue weighted by molar-refractivity contribution is -0.140. The van der Waals surface area contributed by atoms with Crippen molar-refractivity contribution in [2.24, 2.45) is 17.8 Å². The lowest BCUT2D eigenvalue weighted by atomic mass is 9.48. The molecule has 0 heterocycles. The summed E-state index contributed by atoms with van der Waals surface area (Å²) in [5.74, 6) is 1.67. The number of anilines is 1. The molecule has 7 rings (SSSR count). The van der Waals surface area contributed by atoms with Gasteiger partial charge in [-0.1, -0.05) is 70.5 Å². The number of rotatable bonds is 11. The first-order valence-corrected chi connectivity index (χ1v) is 19.8. The van der Waals surface area contributed by atoms with Gasteiger partial charge < -0.3 is 10.2 Å². The molecule has 0 saturated heterocycles. The maximum atomic E-state index is 14.5. The molecule has 0 aromatic heterocycles. The quantitative estimate of drug-likeness (QED) is 0.225. The van der Waals surface area contributed by atoms with E-state index in [0.29, 0.717) is 5.69 Å². The Morgan fingerprint density at radius 2 is 1.46 bits per heavy atom. The van der Waals surface area contributed by atoms with Gasteiger partial charge in [-0.15, -0.1) is 0 Å². The predicted molar refractivity (Wildman–Crippen MR) is 195 cm³/mol. The number of benzene rings is 3. The van der Waals surface area contributed by atoms with Crippen LogP contribution in [-0.2, 0) is 38.0 Å². The van der Waals surface area contributed by atoms with E-state index in [1.165, 1.54) is 53.3 Å². The van der Waals surface area contributed by atoms with Gasteiger partial charge in [0.05, 0.1) is 11.9 Å². The lowest BCUT2D eigenvalue weighted by Crippen LogP contribution is -2.56. The monoisotopic (exact) mass is 733 g/mol. The number of sulfonamides is 1. The van der Waals surface area contributed by atoms with Crippen LogP contribution in [0.2, 0.25) is 0 Å². The maximum absolute atomic E-state index is 14.5. The fraction of sp³-hybridized carbons (Fsp3) is 0.487. The van der Waals surface area contributed by atoms with Crippen LogP contribution in [0.3, 0.4) is 0 Å². The van der Waals surface area contributed by atoms with E-state index in [2.05, 4.69) is 33.4 Å². The van der Waals surface area contributed by atoms with Crippen molar-refractivity contribution in [3.05, 3.63) is 100 Å². The van der Waals surface area contributed by atoms with E-state index in [0.717, 1.165) is 39.6 Å². The van der Waals surface area contributed by atoms with Crippen LogP contribution in [0.4, 0.5) is 5.69 Å². The minimum Gasteiger partial charge on any atom is -0.350 e. The number of nitrogens with one attached hydrogen (secondary N) is 1. The van der Waals surface area contributed by atoms with Crippen LogP contribution < -0.4 is 9.62 Å². The van der Waals surface area contributed by atoms with Gasteiger partial charge in [-0.2, -0.15) is 0 Å². The van der Waals surface area contributed by atoms with Crippen LogP contribution in [0, 0.1) is 17.8 Å². The normalized spacial score (nSPS) is 23.8. The number of amides is 2. The summed E-state index contributed by atoms with van der Waals surface area (Å²) in [7, 11) is -3.84. The summed E-state index contributed by atoms with van der Waals surface area (Å²) >= 11 is 3.53. The second kappa shape index (κ2) is 13.6. The Bertz CT molecular complexity index is 1700. The molecule has 256 valence electrons. The number of carbonyl (C=O) groups is 2. The third-order valence-corrected chi connectivity index (χ3v) is 12.1. The van der Waals surface area contributed by atoms with Gasteiger partial charge in [-0.05, 0) is 123 Å². The highest BCUT2D eigenvalue weighted by Crippen LogP contribution is 2.60.